The zero-order valence-corrected chi connectivity index (χ0v) is 13.0. The monoisotopic (exact) mass is 293 g/mol. The van der Waals surface area contributed by atoms with Gasteiger partial charge in [0.25, 0.3) is 5.91 Å². The van der Waals surface area contributed by atoms with Gasteiger partial charge in [-0.1, -0.05) is 13.8 Å². The minimum absolute atomic E-state index is 0.00265. The molecule has 0 aliphatic rings. The highest BCUT2D eigenvalue weighted by molar-refractivity contribution is 5.97. The van der Waals surface area contributed by atoms with Crippen molar-refractivity contribution >= 4 is 17.5 Å². The van der Waals surface area contributed by atoms with Gasteiger partial charge in [0, 0.05) is 30.9 Å². The van der Waals surface area contributed by atoms with Gasteiger partial charge < -0.3 is 20.7 Å². The number of rotatable bonds is 6. The number of amides is 2. The lowest BCUT2D eigenvalue weighted by Gasteiger charge is -2.18. The van der Waals surface area contributed by atoms with Gasteiger partial charge >= 0.3 is 0 Å². The fourth-order valence-electron chi connectivity index (χ4n) is 1.74. The Kier molecular flexibility index (Phi) is 6.02. The molecule has 0 aliphatic carbocycles. The summed E-state index contributed by atoms with van der Waals surface area (Å²) in [6.45, 7) is 4.61. The Bertz CT molecular complexity index is 515. The molecule has 1 rings (SSSR count). The van der Waals surface area contributed by atoms with E-state index >= 15 is 0 Å². The van der Waals surface area contributed by atoms with Crippen molar-refractivity contribution in [2.75, 3.05) is 33.0 Å². The van der Waals surface area contributed by atoms with Gasteiger partial charge in [0.1, 0.15) is 5.75 Å². The standard InChI is InChI=1S/C15H23N3O3/c1-10(2)8-17-14(19)9-18(3)15(20)11-5-12(16)7-13(6-11)21-4/h5-7,10H,8-9,16H2,1-4H3,(H,17,19). The van der Waals surface area contributed by atoms with Gasteiger partial charge in [0.2, 0.25) is 5.91 Å². The molecular weight excluding hydrogens is 270 g/mol. The van der Waals surface area contributed by atoms with Crippen LogP contribution in [0.3, 0.4) is 0 Å². The Labute approximate surface area is 125 Å². The molecule has 0 radical (unpaired) electrons. The van der Waals surface area contributed by atoms with Crippen LogP contribution >= 0.6 is 0 Å². The molecule has 0 aromatic heterocycles. The average molecular weight is 293 g/mol. The predicted octanol–water partition coefficient (Wildman–Crippen LogP) is 1.12. The highest BCUT2D eigenvalue weighted by Gasteiger charge is 2.16. The number of anilines is 1. The molecule has 0 saturated heterocycles. The Morgan fingerprint density at radius 1 is 1.33 bits per heavy atom. The minimum Gasteiger partial charge on any atom is -0.497 e. The van der Waals surface area contributed by atoms with Crippen molar-refractivity contribution in [3.63, 3.8) is 0 Å². The molecule has 1 aromatic carbocycles. The third-order valence-corrected chi connectivity index (χ3v) is 2.85. The van der Waals surface area contributed by atoms with Gasteiger partial charge in [-0.2, -0.15) is 0 Å². The highest BCUT2D eigenvalue weighted by atomic mass is 16.5. The lowest BCUT2D eigenvalue weighted by atomic mass is 10.1. The number of nitrogen functional groups attached to an aromatic ring is 1. The molecule has 0 bridgehead atoms. The number of carbonyl (C=O) groups excluding carboxylic acids is 2. The van der Waals surface area contributed by atoms with Crippen molar-refractivity contribution in [2.24, 2.45) is 5.92 Å². The number of nitrogens with two attached hydrogens (primary N) is 1. The number of nitrogens with zero attached hydrogens (tertiary/aromatic N) is 1. The van der Waals surface area contributed by atoms with Gasteiger partial charge in [0.15, 0.2) is 0 Å². The number of likely N-dealkylation sites (N-methyl/N-ethyl adjacent to an activating group) is 1. The van der Waals surface area contributed by atoms with Gasteiger partial charge in [-0.15, -0.1) is 0 Å². The molecule has 0 fully saturated rings. The number of nitrogens with one attached hydrogen (secondary N) is 1. The Balaban J connectivity index is 2.70. The minimum atomic E-state index is -0.278. The number of ether oxygens (including phenoxy) is 1. The molecule has 1 aromatic rings. The maximum Gasteiger partial charge on any atom is 0.254 e. The Hall–Kier alpha value is -2.24. The van der Waals surface area contributed by atoms with E-state index in [9.17, 15) is 9.59 Å². The normalized spacial score (nSPS) is 10.3. The maximum absolute atomic E-state index is 12.3. The van der Waals surface area contributed by atoms with Gasteiger partial charge in [-0.3, -0.25) is 9.59 Å². The molecule has 0 unspecified atom stereocenters. The summed E-state index contributed by atoms with van der Waals surface area (Å²) >= 11 is 0. The van der Waals surface area contributed by atoms with Crippen LogP contribution in [0.4, 0.5) is 5.69 Å². The van der Waals surface area contributed by atoms with E-state index in [1.165, 1.54) is 12.0 Å². The van der Waals surface area contributed by atoms with Crippen molar-refractivity contribution in [1.29, 1.82) is 0 Å². The lowest BCUT2D eigenvalue weighted by Crippen LogP contribution is -2.39. The van der Waals surface area contributed by atoms with E-state index in [4.69, 9.17) is 10.5 Å². The molecule has 0 heterocycles. The summed E-state index contributed by atoms with van der Waals surface area (Å²) in [5.41, 5.74) is 6.56. The predicted molar refractivity (Wildman–Crippen MR) is 82.2 cm³/mol. The summed E-state index contributed by atoms with van der Waals surface area (Å²) in [5.74, 6) is 0.417. The van der Waals surface area contributed by atoms with E-state index < -0.39 is 0 Å². The van der Waals surface area contributed by atoms with Crippen LogP contribution in [0.25, 0.3) is 0 Å². The van der Waals surface area contributed by atoms with Crippen LogP contribution in [0.2, 0.25) is 0 Å². The molecule has 2 amide bonds. The van der Waals surface area contributed by atoms with E-state index in [2.05, 4.69) is 5.32 Å². The molecule has 21 heavy (non-hydrogen) atoms. The smallest absolute Gasteiger partial charge is 0.254 e. The van der Waals surface area contributed by atoms with Gasteiger partial charge in [-0.05, 0) is 18.1 Å². The third kappa shape index (κ3) is 5.33. The summed E-state index contributed by atoms with van der Waals surface area (Å²) in [7, 11) is 3.08. The topological polar surface area (TPSA) is 84.7 Å². The van der Waals surface area contributed by atoms with E-state index in [1.807, 2.05) is 13.8 Å². The van der Waals surface area contributed by atoms with Crippen LogP contribution in [0.1, 0.15) is 24.2 Å². The zero-order valence-electron chi connectivity index (χ0n) is 13.0. The quantitative estimate of drug-likeness (QED) is 0.770. The second kappa shape index (κ2) is 7.52. The molecule has 116 valence electrons. The summed E-state index contributed by atoms with van der Waals surface area (Å²) in [6, 6.07) is 4.79. The van der Waals surface area contributed by atoms with Crippen LogP contribution in [0.15, 0.2) is 18.2 Å². The number of methoxy groups -OCH3 is 1. The van der Waals surface area contributed by atoms with Crippen molar-refractivity contribution in [3.05, 3.63) is 23.8 Å². The van der Waals surface area contributed by atoms with Crippen LogP contribution in [-0.2, 0) is 4.79 Å². The second-order valence-electron chi connectivity index (χ2n) is 5.35. The molecule has 0 aliphatic heterocycles. The Morgan fingerprint density at radius 2 is 2.00 bits per heavy atom. The fourth-order valence-corrected chi connectivity index (χ4v) is 1.74. The lowest BCUT2D eigenvalue weighted by molar-refractivity contribution is -0.121. The number of hydrogen-bond donors (Lipinski definition) is 2. The van der Waals surface area contributed by atoms with Crippen molar-refractivity contribution in [1.82, 2.24) is 10.2 Å². The van der Waals surface area contributed by atoms with E-state index in [-0.39, 0.29) is 18.4 Å². The molecule has 0 saturated carbocycles. The van der Waals surface area contributed by atoms with E-state index in [0.29, 0.717) is 29.5 Å². The first-order valence-corrected chi connectivity index (χ1v) is 6.80. The zero-order chi connectivity index (χ0) is 16.0. The van der Waals surface area contributed by atoms with Crippen LogP contribution < -0.4 is 15.8 Å². The third-order valence-electron chi connectivity index (χ3n) is 2.85. The first kappa shape index (κ1) is 16.8. The molecule has 0 atom stereocenters. The molecule has 6 heteroatoms. The van der Waals surface area contributed by atoms with Crippen molar-refractivity contribution < 1.29 is 14.3 Å². The molecule has 6 nitrogen and oxygen atoms in total. The Morgan fingerprint density at radius 3 is 2.57 bits per heavy atom. The van der Waals surface area contributed by atoms with Gasteiger partial charge in [0.05, 0.1) is 13.7 Å². The largest absolute Gasteiger partial charge is 0.497 e. The summed E-state index contributed by atoms with van der Waals surface area (Å²) in [4.78, 5) is 25.4. The van der Waals surface area contributed by atoms with E-state index in [0.717, 1.165) is 0 Å². The second-order valence-corrected chi connectivity index (χ2v) is 5.35. The van der Waals surface area contributed by atoms with Gasteiger partial charge in [-0.25, -0.2) is 0 Å². The molecule has 0 spiro atoms. The number of benzene rings is 1. The number of carbonyl (C=O) groups is 2. The van der Waals surface area contributed by atoms with E-state index in [1.54, 1.807) is 25.2 Å². The summed E-state index contributed by atoms with van der Waals surface area (Å²) in [6.07, 6.45) is 0. The number of hydrogen-bond acceptors (Lipinski definition) is 4. The summed E-state index contributed by atoms with van der Waals surface area (Å²) < 4.78 is 5.08. The maximum atomic E-state index is 12.3. The fraction of sp³-hybridized carbons (Fsp3) is 0.467. The average Bonchev–Trinajstić information content (AvgIpc) is 2.43. The van der Waals surface area contributed by atoms with Crippen LogP contribution in [0.5, 0.6) is 5.75 Å². The highest BCUT2D eigenvalue weighted by Crippen LogP contribution is 2.19. The van der Waals surface area contributed by atoms with Crippen LogP contribution in [0, 0.1) is 5.92 Å². The summed E-state index contributed by atoms with van der Waals surface area (Å²) in [5, 5.41) is 2.77. The van der Waals surface area contributed by atoms with Crippen molar-refractivity contribution in [3.8, 4) is 5.75 Å². The first-order valence-electron chi connectivity index (χ1n) is 6.80. The molecular formula is C15H23N3O3. The molecule has 3 N–H and O–H groups in total. The van der Waals surface area contributed by atoms with Crippen molar-refractivity contribution in [2.45, 2.75) is 13.8 Å². The SMILES string of the molecule is COc1cc(N)cc(C(=O)N(C)CC(=O)NCC(C)C)c1. The first-order chi connectivity index (χ1) is 9.83. The van der Waals surface area contributed by atoms with Crippen LogP contribution in [-0.4, -0.2) is 44.0 Å².